The molecule has 3 heteroatoms. The molecule has 15 heavy (non-hydrogen) atoms. The van der Waals surface area contributed by atoms with Crippen molar-refractivity contribution in [2.24, 2.45) is 5.73 Å². The molecule has 0 aromatic heterocycles. The summed E-state index contributed by atoms with van der Waals surface area (Å²) in [4.78, 5) is 0. The first kappa shape index (κ1) is 12.0. The van der Waals surface area contributed by atoms with E-state index in [2.05, 4.69) is 0 Å². The third kappa shape index (κ3) is 2.69. The summed E-state index contributed by atoms with van der Waals surface area (Å²) in [6.45, 7) is 2.19. The van der Waals surface area contributed by atoms with Crippen molar-refractivity contribution in [2.75, 3.05) is 13.7 Å². The van der Waals surface area contributed by atoms with Gasteiger partial charge in [-0.1, -0.05) is 19.1 Å². The van der Waals surface area contributed by atoms with E-state index in [0.29, 0.717) is 12.1 Å². The van der Waals surface area contributed by atoms with Crippen LogP contribution in [-0.2, 0) is 6.67 Å². The van der Waals surface area contributed by atoms with E-state index < -0.39 is 6.67 Å². The lowest BCUT2D eigenvalue weighted by atomic mass is 9.92. The van der Waals surface area contributed by atoms with Gasteiger partial charge in [0.1, 0.15) is 12.4 Å². The molecule has 0 aliphatic heterocycles. The molecule has 84 valence electrons. The molecule has 1 atom stereocenters. The second kappa shape index (κ2) is 5.71. The normalized spacial score (nSPS) is 12.5. The van der Waals surface area contributed by atoms with Gasteiger partial charge in [0.05, 0.1) is 7.11 Å². The number of nitrogens with two attached hydrogens (primary N) is 1. The van der Waals surface area contributed by atoms with Crippen LogP contribution in [0.2, 0.25) is 0 Å². The van der Waals surface area contributed by atoms with Gasteiger partial charge in [-0.15, -0.1) is 0 Å². The van der Waals surface area contributed by atoms with E-state index in [1.165, 1.54) is 0 Å². The van der Waals surface area contributed by atoms with Gasteiger partial charge in [-0.3, -0.25) is 0 Å². The molecule has 1 rings (SSSR count). The number of benzene rings is 1. The minimum Gasteiger partial charge on any atom is -0.496 e. The standard InChI is InChI=1S/C12H18FNO/c1-9(6-7-14)12-10(8-13)4-3-5-11(12)15-2/h3-5,9H,6-8,14H2,1-2H3. The molecule has 2 nitrogen and oxygen atoms in total. The molecule has 0 amide bonds. The molecular weight excluding hydrogens is 193 g/mol. The van der Waals surface area contributed by atoms with Crippen molar-refractivity contribution in [2.45, 2.75) is 25.9 Å². The van der Waals surface area contributed by atoms with E-state index in [1.54, 1.807) is 13.2 Å². The maximum atomic E-state index is 12.8. The van der Waals surface area contributed by atoms with Crippen molar-refractivity contribution >= 4 is 0 Å². The first-order chi connectivity index (χ1) is 7.24. The summed E-state index contributed by atoms with van der Waals surface area (Å²) in [6.07, 6.45) is 0.841. The van der Waals surface area contributed by atoms with Gasteiger partial charge in [-0.25, -0.2) is 4.39 Å². The Balaban J connectivity index is 3.09. The van der Waals surface area contributed by atoms with Crippen molar-refractivity contribution in [3.63, 3.8) is 0 Å². The summed E-state index contributed by atoms with van der Waals surface area (Å²) >= 11 is 0. The van der Waals surface area contributed by atoms with Crippen LogP contribution >= 0.6 is 0 Å². The van der Waals surface area contributed by atoms with E-state index in [1.807, 2.05) is 19.1 Å². The van der Waals surface area contributed by atoms with Crippen LogP contribution < -0.4 is 10.5 Å². The third-order valence-corrected chi connectivity index (χ3v) is 2.61. The lowest BCUT2D eigenvalue weighted by Gasteiger charge is -2.17. The van der Waals surface area contributed by atoms with E-state index in [4.69, 9.17) is 10.5 Å². The number of hydrogen-bond donors (Lipinski definition) is 1. The Morgan fingerprint density at radius 1 is 1.47 bits per heavy atom. The fourth-order valence-electron chi connectivity index (χ4n) is 1.84. The van der Waals surface area contributed by atoms with E-state index in [9.17, 15) is 4.39 Å². The smallest absolute Gasteiger partial charge is 0.122 e. The van der Waals surface area contributed by atoms with Crippen molar-refractivity contribution in [1.82, 2.24) is 0 Å². The molecule has 2 N–H and O–H groups in total. The van der Waals surface area contributed by atoms with Crippen LogP contribution in [0.4, 0.5) is 4.39 Å². The lowest BCUT2D eigenvalue weighted by Crippen LogP contribution is -2.08. The predicted octanol–water partition coefficient (Wildman–Crippen LogP) is 2.62. The molecular formula is C12H18FNO. The summed E-state index contributed by atoms with van der Waals surface area (Å²) < 4.78 is 18.1. The minimum absolute atomic E-state index is 0.233. The van der Waals surface area contributed by atoms with Gasteiger partial charge in [-0.05, 0) is 30.5 Å². The van der Waals surface area contributed by atoms with Gasteiger partial charge in [-0.2, -0.15) is 0 Å². The Morgan fingerprint density at radius 3 is 2.73 bits per heavy atom. The maximum absolute atomic E-state index is 12.8. The highest BCUT2D eigenvalue weighted by Gasteiger charge is 2.15. The maximum Gasteiger partial charge on any atom is 0.122 e. The molecule has 0 radical (unpaired) electrons. The number of ether oxygens (including phenoxy) is 1. The number of rotatable bonds is 5. The predicted molar refractivity (Wildman–Crippen MR) is 59.9 cm³/mol. The highest BCUT2D eigenvalue weighted by Crippen LogP contribution is 2.32. The zero-order valence-electron chi connectivity index (χ0n) is 9.29. The Hall–Kier alpha value is -1.09. The summed E-state index contributed by atoms with van der Waals surface area (Å²) in [6, 6.07) is 5.47. The lowest BCUT2D eigenvalue weighted by molar-refractivity contribution is 0.400. The van der Waals surface area contributed by atoms with Crippen LogP contribution in [0.15, 0.2) is 18.2 Å². The van der Waals surface area contributed by atoms with E-state index >= 15 is 0 Å². The number of halogens is 1. The average Bonchev–Trinajstić information content (AvgIpc) is 2.28. The minimum atomic E-state index is -0.457. The fourth-order valence-corrected chi connectivity index (χ4v) is 1.84. The molecule has 0 fully saturated rings. The van der Waals surface area contributed by atoms with Gasteiger partial charge >= 0.3 is 0 Å². The molecule has 0 heterocycles. The summed E-state index contributed by atoms with van der Waals surface area (Å²) in [5.74, 6) is 0.989. The quantitative estimate of drug-likeness (QED) is 0.812. The van der Waals surface area contributed by atoms with Crippen molar-refractivity contribution in [1.29, 1.82) is 0 Å². The molecule has 1 unspecified atom stereocenters. The summed E-state index contributed by atoms with van der Waals surface area (Å²) in [5.41, 5.74) is 7.17. The highest BCUT2D eigenvalue weighted by atomic mass is 19.1. The monoisotopic (exact) mass is 211 g/mol. The van der Waals surface area contributed by atoms with Crippen molar-refractivity contribution in [3.05, 3.63) is 29.3 Å². The molecule has 0 aliphatic carbocycles. The van der Waals surface area contributed by atoms with Crippen LogP contribution in [0.5, 0.6) is 5.75 Å². The number of alkyl halides is 1. The summed E-state index contributed by atoms with van der Waals surface area (Å²) in [7, 11) is 1.61. The Labute approximate surface area is 90.2 Å². The summed E-state index contributed by atoms with van der Waals surface area (Å²) in [5, 5.41) is 0. The van der Waals surface area contributed by atoms with Crippen LogP contribution in [0.1, 0.15) is 30.4 Å². The van der Waals surface area contributed by atoms with Gasteiger partial charge in [0.25, 0.3) is 0 Å². The SMILES string of the molecule is COc1cccc(CF)c1C(C)CCN. The molecule has 1 aromatic carbocycles. The van der Waals surface area contributed by atoms with Crippen molar-refractivity contribution < 1.29 is 9.13 Å². The highest BCUT2D eigenvalue weighted by molar-refractivity contribution is 5.42. The Morgan fingerprint density at radius 2 is 2.20 bits per heavy atom. The number of hydrogen-bond acceptors (Lipinski definition) is 2. The second-order valence-electron chi connectivity index (χ2n) is 3.65. The molecule has 0 aliphatic rings. The van der Waals surface area contributed by atoms with Gasteiger partial charge in [0.15, 0.2) is 0 Å². The van der Waals surface area contributed by atoms with Crippen molar-refractivity contribution in [3.8, 4) is 5.75 Å². The van der Waals surface area contributed by atoms with Crippen LogP contribution in [0, 0.1) is 0 Å². The molecule has 0 saturated carbocycles. The Bertz CT molecular complexity index is 292. The Kier molecular flexibility index (Phi) is 4.56. The molecule has 0 bridgehead atoms. The van der Waals surface area contributed by atoms with Crippen LogP contribution in [-0.4, -0.2) is 13.7 Å². The zero-order chi connectivity index (χ0) is 11.3. The largest absolute Gasteiger partial charge is 0.496 e. The first-order valence-corrected chi connectivity index (χ1v) is 5.16. The number of methoxy groups -OCH3 is 1. The van der Waals surface area contributed by atoms with E-state index in [-0.39, 0.29) is 5.92 Å². The van der Waals surface area contributed by atoms with Crippen LogP contribution in [0.3, 0.4) is 0 Å². The first-order valence-electron chi connectivity index (χ1n) is 5.16. The second-order valence-corrected chi connectivity index (χ2v) is 3.65. The average molecular weight is 211 g/mol. The molecule has 1 aromatic rings. The fraction of sp³-hybridized carbons (Fsp3) is 0.500. The van der Waals surface area contributed by atoms with E-state index in [0.717, 1.165) is 17.7 Å². The molecule has 0 saturated heterocycles. The van der Waals surface area contributed by atoms with Gasteiger partial charge in [0, 0.05) is 5.56 Å². The van der Waals surface area contributed by atoms with Gasteiger partial charge < -0.3 is 10.5 Å². The topological polar surface area (TPSA) is 35.2 Å². The van der Waals surface area contributed by atoms with Gasteiger partial charge in [0.2, 0.25) is 0 Å². The zero-order valence-corrected chi connectivity index (χ0v) is 9.29. The van der Waals surface area contributed by atoms with Crippen LogP contribution in [0.25, 0.3) is 0 Å². The molecule has 0 spiro atoms. The third-order valence-electron chi connectivity index (χ3n) is 2.61.